The number of aryl methyl sites for hydroxylation is 1. The third kappa shape index (κ3) is 5.32. The van der Waals surface area contributed by atoms with Crippen molar-refractivity contribution >= 4 is 26.7 Å². The van der Waals surface area contributed by atoms with Crippen LogP contribution in [0.25, 0.3) is 0 Å². The van der Waals surface area contributed by atoms with Gasteiger partial charge in [-0.3, -0.25) is 4.21 Å². The van der Waals surface area contributed by atoms with E-state index in [1.807, 2.05) is 6.92 Å². The highest BCUT2D eigenvalue weighted by molar-refractivity contribution is 9.10. The van der Waals surface area contributed by atoms with Crippen LogP contribution in [0, 0.1) is 6.92 Å². The van der Waals surface area contributed by atoms with Crippen molar-refractivity contribution in [3.8, 4) is 0 Å². The lowest BCUT2D eigenvalue weighted by atomic mass is 10.1. The minimum atomic E-state index is -0.711. The average molecular weight is 318 g/mol. The molecule has 0 aliphatic carbocycles. The van der Waals surface area contributed by atoms with Gasteiger partial charge in [0.25, 0.3) is 0 Å². The first-order chi connectivity index (χ1) is 8.00. The van der Waals surface area contributed by atoms with E-state index in [2.05, 4.69) is 46.4 Å². The van der Waals surface area contributed by atoms with Crippen molar-refractivity contribution in [2.75, 3.05) is 12.8 Å². The summed E-state index contributed by atoms with van der Waals surface area (Å²) in [6, 6.07) is 6.38. The van der Waals surface area contributed by atoms with Crippen LogP contribution in [0.2, 0.25) is 0 Å². The summed E-state index contributed by atoms with van der Waals surface area (Å²) in [7, 11) is -0.711. The Kier molecular flexibility index (Phi) is 6.38. The molecular weight excluding hydrogens is 298 g/mol. The van der Waals surface area contributed by atoms with E-state index in [-0.39, 0.29) is 5.25 Å². The maximum absolute atomic E-state index is 11.2. The lowest BCUT2D eigenvalue weighted by molar-refractivity contribution is 0.629. The molecule has 1 N–H and O–H groups in total. The normalized spacial score (nSPS) is 14.6. The molecule has 2 atom stereocenters. The molecule has 0 saturated carbocycles. The van der Waals surface area contributed by atoms with E-state index in [0.29, 0.717) is 0 Å². The Hall–Kier alpha value is -0.190. The lowest BCUT2D eigenvalue weighted by Gasteiger charge is -2.10. The summed E-state index contributed by atoms with van der Waals surface area (Å²) in [4.78, 5) is 0. The van der Waals surface area contributed by atoms with E-state index in [0.717, 1.165) is 24.0 Å². The fourth-order valence-electron chi connectivity index (χ4n) is 1.52. The third-order valence-electron chi connectivity index (χ3n) is 2.85. The van der Waals surface area contributed by atoms with Gasteiger partial charge >= 0.3 is 0 Å². The van der Waals surface area contributed by atoms with Gasteiger partial charge in [0.05, 0.1) is 0 Å². The monoisotopic (exact) mass is 317 g/mol. The highest BCUT2D eigenvalue weighted by Crippen LogP contribution is 2.16. The number of nitrogens with one attached hydrogen (secondary N) is 1. The molecule has 0 aliphatic heterocycles. The van der Waals surface area contributed by atoms with Gasteiger partial charge in [-0.2, -0.15) is 0 Å². The Morgan fingerprint density at radius 2 is 2.18 bits per heavy atom. The highest BCUT2D eigenvalue weighted by Gasteiger charge is 2.05. The zero-order valence-electron chi connectivity index (χ0n) is 10.6. The molecule has 0 fully saturated rings. The number of halogens is 1. The molecule has 0 bridgehead atoms. The molecule has 0 heterocycles. The second-order valence-corrected chi connectivity index (χ2v) is 7.01. The summed E-state index contributed by atoms with van der Waals surface area (Å²) in [5, 5.41) is 3.66. The Balaban J connectivity index is 2.31. The van der Waals surface area contributed by atoms with E-state index < -0.39 is 10.8 Å². The van der Waals surface area contributed by atoms with Crippen molar-refractivity contribution in [3.05, 3.63) is 33.8 Å². The molecule has 2 unspecified atom stereocenters. The first kappa shape index (κ1) is 14.9. The number of hydrogen-bond acceptors (Lipinski definition) is 2. The quantitative estimate of drug-likeness (QED) is 0.817. The lowest BCUT2D eigenvalue weighted by Crippen LogP contribution is -2.20. The minimum Gasteiger partial charge on any atom is -0.313 e. The summed E-state index contributed by atoms with van der Waals surface area (Å²) in [6.07, 6.45) is 2.72. The van der Waals surface area contributed by atoms with E-state index in [1.54, 1.807) is 6.26 Å². The van der Waals surface area contributed by atoms with Gasteiger partial charge in [-0.05, 0) is 37.1 Å². The second kappa shape index (κ2) is 7.29. The molecule has 17 heavy (non-hydrogen) atoms. The Labute approximate surface area is 115 Å². The first-order valence-corrected chi connectivity index (χ1v) is 8.20. The van der Waals surface area contributed by atoms with Crippen LogP contribution >= 0.6 is 15.9 Å². The molecule has 1 rings (SSSR count). The van der Waals surface area contributed by atoms with Crippen molar-refractivity contribution in [2.45, 2.75) is 32.1 Å². The Morgan fingerprint density at radius 3 is 2.76 bits per heavy atom. The predicted molar refractivity (Wildman–Crippen MR) is 78.7 cm³/mol. The average Bonchev–Trinajstić information content (AvgIpc) is 2.28. The fourth-order valence-corrected chi connectivity index (χ4v) is 2.22. The maximum Gasteiger partial charge on any atom is 0.0329 e. The third-order valence-corrected chi connectivity index (χ3v) is 5.10. The largest absolute Gasteiger partial charge is 0.313 e. The van der Waals surface area contributed by atoms with Crippen LogP contribution in [-0.2, 0) is 17.3 Å². The maximum atomic E-state index is 11.2. The van der Waals surface area contributed by atoms with Gasteiger partial charge in [0.2, 0.25) is 0 Å². The van der Waals surface area contributed by atoms with Crippen molar-refractivity contribution in [3.63, 3.8) is 0 Å². The first-order valence-electron chi connectivity index (χ1n) is 5.78. The van der Waals surface area contributed by atoms with Crippen molar-refractivity contribution in [1.82, 2.24) is 5.32 Å². The molecule has 0 saturated heterocycles. The standard InChI is InChI=1S/C13H20BrNOS/c1-10-8-12(4-5-13(10)14)9-15-7-6-11(2)17(3)16/h4-5,8,11,15H,6-7,9H2,1-3H3. The molecule has 1 aromatic rings. The number of rotatable bonds is 6. The SMILES string of the molecule is Cc1cc(CNCCC(C)S(C)=O)ccc1Br. The summed E-state index contributed by atoms with van der Waals surface area (Å²) in [5.41, 5.74) is 2.54. The Morgan fingerprint density at radius 1 is 1.47 bits per heavy atom. The molecule has 0 radical (unpaired) electrons. The van der Waals surface area contributed by atoms with E-state index in [1.165, 1.54) is 11.1 Å². The molecular formula is C13H20BrNOS. The van der Waals surface area contributed by atoms with Gasteiger partial charge in [-0.1, -0.05) is 35.0 Å². The summed E-state index contributed by atoms with van der Waals surface area (Å²) in [6.45, 7) is 5.91. The van der Waals surface area contributed by atoms with Gasteiger partial charge < -0.3 is 5.32 Å². The second-order valence-electron chi connectivity index (χ2n) is 4.36. The molecule has 0 amide bonds. The van der Waals surface area contributed by atoms with Crippen LogP contribution in [0.15, 0.2) is 22.7 Å². The smallest absolute Gasteiger partial charge is 0.0329 e. The van der Waals surface area contributed by atoms with Crippen LogP contribution in [0.4, 0.5) is 0 Å². The number of benzene rings is 1. The molecule has 0 aliphatic rings. The van der Waals surface area contributed by atoms with Crippen LogP contribution in [0.3, 0.4) is 0 Å². The van der Waals surface area contributed by atoms with Gasteiger partial charge in [-0.25, -0.2) is 0 Å². The van der Waals surface area contributed by atoms with Crippen LogP contribution in [0.5, 0.6) is 0 Å². The zero-order valence-corrected chi connectivity index (χ0v) is 13.0. The van der Waals surface area contributed by atoms with Crippen LogP contribution in [-0.4, -0.2) is 22.3 Å². The topological polar surface area (TPSA) is 29.1 Å². The van der Waals surface area contributed by atoms with Crippen molar-refractivity contribution in [1.29, 1.82) is 0 Å². The van der Waals surface area contributed by atoms with Crippen molar-refractivity contribution < 1.29 is 4.21 Å². The van der Waals surface area contributed by atoms with Crippen molar-refractivity contribution in [2.24, 2.45) is 0 Å². The minimum absolute atomic E-state index is 0.272. The molecule has 0 aromatic heterocycles. The molecule has 4 heteroatoms. The van der Waals surface area contributed by atoms with Gasteiger partial charge in [0.15, 0.2) is 0 Å². The molecule has 96 valence electrons. The predicted octanol–water partition coefficient (Wildman–Crippen LogP) is 3.00. The van der Waals surface area contributed by atoms with Gasteiger partial charge in [0.1, 0.15) is 0 Å². The van der Waals surface area contributed by atoms with Gasteiger partial charge in [-0.15, -0.1) is 0 Å². The number of hydrogen-bond donors (Lipinski definition) is 1. The van der Waals surface area contributed by atoms with Crippen LogP contribution < -0.4 is 5.32 Å². The highest BCUT2D eigenvalue weighted by atomic mass is 79.9. The molecule has 1 aromatic carbocycles. The summed E-state index contributed by atoms with van der Waals surface area (Å²) >= 11 is 3.49. The van der Waals surface area contributed by atoms with Crippen LogP contribution in [0.1, 0.15) is 24.5 Å². The summed E-state index contributed by atoms with van der Waals surface area (Å²) < 4.78 is 12.3. The van der Waals surface area contributed by atoms with Gasteiger partial charge in [0, 0.05) is 33.3 Å². The Bertz CT molecular complexity index is 395. The molecule has 0 spiro atoms. The van der Waals surface area contributed by atoms with E-state index in [4.69, 9.17) is 0 Å². The molecule has 2 nitrogen and oxygen atoms in total. The van der Waals surface area contributed by atoms with E-state index >= 15 is 0 Å². The summed E-state index contributed by atoms with van der Waals surface area (Å²) in [5.74, 6) is 0. The fraction of sp³-hybridized carbons (Fsp3) is 0.538. The zero-order chi connectivity index (χ0) is 12.8. The van der Waals surface area contributed by atoms with E-state index in [9.17, 15) is 4.21 Å².